The minimum atomic E-state index is -3.70. The molecule has 1 aliphatic heterocycles. The summed E-state index contributed by atoms with van der Waals surface area (Å²) in [4.78, 5) is 13.6. The second-order valence-electron chi connectivity index (χ2n) is 5.31. The minimum Gasteiger partial charge on any atom is -0.358 e. The lowest BCUT2D eigenvalue weighted by Gasteiger charge is -2.36. The van der Waals surface area contributed by atoms with E-state index in [4.69, 9.17) is 23.2 Å². The standard InChI is InChI=1S/C14H19Cl2N3O3S/c1-10(14(20)17-2)18-5-7-19(8-6-18)23(21,22)13-9-11(15)3-4-12(13)16/h3-4,9-10H,5-8H2,1-2H3,(H,17,20)/t10-/m1/s1. The van der Waals surface area contributed by atoms with Crippen LogP contribution in [0.15, 0.2) is 23.1 Å². The molecule has 1 fully saturated rings. The zero-order valence-corrected chi connectivity index (χ0v) is 15.2. The second kappa shape index (κ2) is 7.36. The Balaban J connectivity index is 2.13. The van der Waals surface area contributed by atoms with Crippen molar-refractivity contribution >= 4 is 39.1 Å². The largest absolute Gasteiger partial charge is 0.358 e. The molecule has 0 unspecified atom stereocenters. The van der Waals surface area contributed by atoms with Crippen LogP contribution >= 0.6 is 23.2 Å². The fraction of sp³-hybridized carbons (Fsp3) is 0.500. The molecular formula is C14H19Cl2N3O3S. The van der Waals surface area contributed by atoms with Crippen LogP contribution in [-0.2, 0) is 14.8 Å². The van der Waals surface area contributed by atoms with Gasteiger partial charge in [-0.1, -0.05) is 23.2 Å². The van der Waals surface area contributed by atoms with Gasteiger partial charge in [0.25, 0.3) is 0 Å². The Morgan fingerprint density at radius 3 is 2.39 bits per heavy atom. The molecule has 0 spiro atoms. The molecule has 128 valence electrons. The van der Waals surface area contributed by atoms with Crippen LogP contribution in [0, 0.1) is 0 Å². The molecule has 1 amide bonds. The number of benzene rings is 1. The molecule has 0 bridgehead atoms. The maximum Gasteiger partial charge on any atom is 0.244 e. The van der Waals surface area contributed by atoms with Crippen molar-refractivity contribution in [3.63, 3.8) is 0 Å². The fourth-order valence-corrected chi connectivity index (χ4v) is 4.68. The number of nitrogens with one attached hydrogen (secondary N) is 1. The molecule has 1 aliphatic rings. The van der Waals surface area contributed by atoms with Crippen molar-refractivity contribution in [1.29, 1.82) is 0 Å². The number of hydrogen-bond donors (Lipinski definition) is 1. The maximum atomic E-state index is 12.7. The van der Waals surface area contributed by atoms with Crippen LogP contribution in [0.5, 0.6) is 0 Å². The molecule has 0 aliphatic carbocycles. The van der Waals surface area contributed by atoms with E-state index >= 15 is 0 Å². The summed E-state index contributed by atoms with van der Waals surface area (Å²) < 4.78 is 26.8. The average molecular weight is 380 g/mol. The number of hydrogen-bond acceptors (Lipinski definition) is 4. The van der Waals surface area contributed by atoms with E-state index in [1.165, 1.54) is 16.4 Å². The summed E-state index contributed by atoms with van der Waals surface area (Å²) in [6, 6.07) is 4.09. The number of amides is 1. The van der Waals surface area contributed by atoms with Crippen LogP contribution in [0.25, 0.3) is 0 Å². The van der Waals surface area contributed by atoms with Crippen LogP contribution in [0.4, 0.5) is 0 Å². The lowest BCUT2D eigenvalue weighted by molar-refractivity contribution is -0.125. The van der Waals surface area contributed by atoms with Crippen LogP contribution in [-0.4, -0.2) is 62.8 Å². The fourth-order valence-electron chi connectivity index (χ4n) is 2.52. The van der Waals surface area contributed by atoms with E-state index in [2.05, 4.69) is 5.32 Å². The summed E-state index contributed by atoms with van der Waals surface area (Å²) in [6.45, 7) is 3.36. The third-order valence-electron chi connectivity index (χ3n) is 3.96. The number of nitrogens with zero attached hydrogens (tertiary/aromatic N) is 2. The molecule has 0 aromatic heterocycles. The van der Waals surface area contributed by atoms with Gasteiger partial charge in [-0.05, 0) is 25.1 Å². The predicted molar refractivity (Wildman–Crippen MR) is 90.3 cm³/mol. The topological polar surface area (TPSA) is 69.7 Å². The summed E-state index contributed by atoms with van der Waals surface area (Å²) >= 11 is 11.9. The van der Waals surface area contributed by atoms with Gasteiger partial charge < -0.3 is 5.32 Å². The highest BCUT2D eigenvalue weighted by Gasteiger charge is 2.32. The van der Waals surface area contributed by atoms with Gasteiger partial charge in [0.15, 0.2) is 0 Å². The number of carbonyl (C=O) groups is 1. The van der Waals surface area contributed by atoms with Gasteiger partial charge in [0.2, 0.25) is 15.9 Å². The molecule has 2 rings (SSSR count). The van der Waals surface area contributed by atoms with E-state index in [1.807, 2.05) is 4.90 Å². The Labute approximate surface area is 146 Å². The average Bonchev–Trinajstić information content (AvgIpc) is 2.55. The monoisotopic (exact) mass is 379 g/mol. The van der Waals surface area contributed by atoms with E-state index in [-0.39, 0.29) is 21.9 Å². The van der Waals surface area contributed by atoms with E-state index in [1.54, 1.807) is 20.0 Å². The molecule has 1 saturated heterocycles. The highest BCUT2D eigenvalue weighted by molar-refractivity contribution is 7.89. The summed E-state index contributed by atoms with van der Waals surface area (Å²) in [5.74, 6) is -0.0841. The lowest BCUT2D eigenvalue weighted by atomic mass is 10.2. The number of sulfonamides is 1. The summed E-state index contributed by atoms with van der Waals surface area (Å²) in [5.41, 5.74) is 0. The van der Waals surface area contributed by atoms with Crippen molar-refractivity contribution < 1.29 is 13.2 Å². The van der Waals surface area contributed by atoms with Gasteiger partial charge in [-0.3, -0.25) is 9.69 Å². The second-order valence-corrected chi connectivity index (χ2v) is 8.06. The van der Waals surface area contributed by atoms with E-state index in [0.717, 1.165) is 0 Å². The highest BCUT2D eigenvalue weighted by Crippen LogP contribution is 2.28. The SMILES string of the molecule is CNC(=O)[C@@H](C)N1CCN(S(=O)(=O)c2cc(Cl)ccc2Cl)CC1. The molecule has 6 nitrogen and oxygen atoms in total. The first-order chi connectivity index (χ1) is 10.8. The van der Waals surface area contributed by atoms with Crippen molar-refractivity contribution in [3.05, 3.63) is 28.2 Å². The summed E-state index contributed by atoms with van der Waals surface area (Å²) in [5, 5.41) is 3.07. The number of halogens is 2. The molecule has 1 aromatic carbocycles. The van der Waals surface area contributed by atoms with Crippen LogP contribution < -0.4 is 5.32 Å². The molecular weight excluding hydrogens is 361 g/mol. The van der Waals surface area contributed by atoms with Crippen molar-refractivity contribution in [2.24, 2.45) is 0 Å². The Hall–Kier alpha value is -0.860. The zero-order chi connectivity index (χ0) is 17.2. The van der Waals surface area contributed by atoms with E-state index in [0.29, 0.717) is 31.2 Å². The third kappa shape index (κ3) is 3.97. The zero-order valence-electron chi connectivity index (χ0n) is 12.9. The Bertz CT molecular complexity index is 689. The first-order valence-electron chi connectivity index (χ1n) is 7.18. The van der Waals surface area contributed by atoms with Crippen molar-refractivity contribution in [3.8, 4) is 0 Å². The van der Waals surface area contributed by atoms with Gasteiger partial charge in [0.05, 0.1) is 11.1 Å². The van der Waals surface area contributed by atoms with Gasteiger partial charge in [-0.15, -0.1) is 0 Å². The number of piperazine rings is 1. The third-order valence-corrected chi connectivity index (χ3v) is 6.57. The van der Waals surface area contributed by atoms with Gasteiger partial charge >= 0.3 is 0 Å². The highest BCUT2D eigenvalue weighted by atomic mass is 35.5. The lowest BCUT2D eigenvalue weighted by Crippen LogP contribution is -2.54. The summed E-state index contributed by atoms with van der Waals surface area (Å²) in [6.07, 6.45) is 0. The number of carbonyl (C=O) groups excluding carboxylic acids is 1. The van der Waals surface area contributed by atoms with Crippen molar-refractivity contribution in [1.82, 2.24) is 14.5 Å². The van der Waals surface area contributed by atoms with Crippen LogP contribution in [0.2, 0.25) is 10.0 Å². The van der Waals surface area contributed by atoms with E-state index in [9.17, 15) is 13.2 Å². The maximum absolute atomic E-state index is 12.7. The molecule has 0 saturated carbocycles. The van der Waals surface area contributed by atoms with Gasteiger partial charge in [0.1, 0.15) is 4.90 Å². The molecule has 0 radical (unpaired) electrons. The Kier molecular flexibility index (Phi) is 5.91. The normalized spacial score (nSPS) is 18.6. The van der Waals surface area contributed by atoms with Crippen LogP contribution in [0.3, 0.4) is 0 Å². The van der Waals surface area contributed by atoms with Gasteiger partial charge in [0, 0.05) is 38.2 Å². The minimum absolute atomic E-state index is 0.0134. The first-order valence-corrected chi connectivity index (χ1v) is 9.38. The Morgan fingerprint density at radius 2 is 1.83 bits per heavy atom. The quantitative estimate of drug-likeness (QED) is 0.858. The molecule has 9 heteroatoms. The first kappa shape index (κ1) is 18.5. The molecule has 1 atom stereocenters. The molecule has 23 heavy (non-hydrogen) atoms. The smallest absolute Gasteiger partial charge is 0.244 e. The van der Waals surface area contributed by atoms with Crippen LogP contribution in [0.1, 0.15) is 6.92 Å². The van der Waals surface area contributed by atoms with Gasteiger partial charge in [-0.2, -0.15) is 4.31 Å². The van der Waals surface area contributed by atoms with Gasteiger partial charge in [-0.25, -0.2) is 8.42 Å². The van der Waals surface area contributed by atoms with E-state index < -0.39 is 10.0 Å². The molecule has 1 N–H and O–H groups in total. The van der Waals surface area contributed by atoms with Crippen molar-refractivity contribution in [2.45, 2.75) is 17.9 Å². The number of likely N-dealkylation sites (N-methyl/N-ethyl adjacent to an activating group) is 1. The number of rotatable bonds is 4. The predicted octanol–water partition coefficient (Wildman–Crippen LogP) is 1.43. The van der Waals surface area contributed by atoms with Crippen molar-refractivity contribution in [2.75, 3.05) is 33.2 Å². The Morgan fingerprint density at radius 1 is 1.22 bits per heavy atom. The molecule has 1 heterocycles. The summed E-state index contributed by atoms with van der Waals surface area (Å²) in [7, 11) is -2.12. The molecule has 1 aromatic rings.